The number of fused-ring (bicyclic) bond motifs is 1. The van der Waals surface area contributed by atoms with Gasteiger partial charge in [-0.15, -0.1) is 0 Å². The Balaban J connectivity index is 0.000000185. The average Bonchev–Trinajstić information content (AvgIpc) is 2.57. The molecule has 0 atom stereocenters. The molecule has 2 rings (SSSR count). The van der Waals surface area contributed by atoms with Gasteiger partial charge in [-0.3, -0.25) is 9.79 Å². The van der Waals surface area contributed by atoms with E-state index in [-0.39, 0.29) is 5.91 Å². The third-order valence-corrected chi connectivity index (χ3v) is 1.58. The Kier molecular flexibility index (Phi) is 3.61. The third kappa shape index (κ3) is 3.70. The average molecular weight is 249 g/mol. The van der Waals surface area contributed by atoms with Crippen LogP contribution in [0.25, 0.3) is 0 Å². The predicted octanol–water partition coefficient (Wildman–Crippen LogP) is 0.116. The van der Waals surface area contributed by atoms with Gasteiger partial charge < -0.3 is 10.4 Å². The third-order valence-electron chi connectivity index (χ3n) is 1.58. The van der Waals surface area contributed by atoms with E-state index in [1.54, 1.807) is 6.21 Å². The number of alkyl halides is 3. The van der Waals surface area contributed by atoms with Crippen molar-refractivity contribution in [2.45, 2.75) is 6.18 Å². The Hall–Kier alpha value is -2.19. The smallest absolute Gasteiger partial charge is 0.475 e. The van der Waals surface area contributed by atoms with Gasteiger partial charge in [0.1, 0.15) is 12.5 Å². The maximum atomic E-state index is 10.7. The van der Waals surface area contributed by atoms with Gasteiger partial charge in [0.25, 0.3) is 0 Å². The molecule has 2 heterocycles. The number of carboxylic acid groups (broad SMARTS) is 1. The molecule has 0 aromatic rings. The summed E-state index contributed by atoms with van der Waals surface area (Å²) in [5, 5.41) is 9.71. The highest BCUT2D eigenvalue weighted by atomic mass is 19.4. The van der Waals surface area contributed by atoms with Gasteiger partial charge in [-0.25, -0.2) is 9.79 Å². The molecule has 0 bridgehead atoms. The molecule has 0 saturated heterocycles. The number of rotatable bonds is 0. The molecule has 17 heavy (non-hydrogen) atoms. The minimum atomic E-state index is -5.08. The van der Waals surface area contributed by atoms with E-state index in [1.807, 2.05) is 0 Å². The first-order chi connectivity index (χ1) is 7.80. The van der Waals surface area contributed by atoms with Gasteiger partial charge in [-0.1, -0.05) is 0 Å². The predicted molar refractivity (Wildman–Crippen MR) is 50.7 cm³/mol. The van der Waals surface area contributed by atoms with Crippen molar-refractivity contribution in [2.24, 2.45) is 9.98 Å². The molecule has 0 fully saturated rings. The summed E-state index contributed by atoms with van der Waals surface area (Å²) in [6.07, 6.45) is -1.94. The van der Waals surface area contributed by atoms with Crippen LogP contribution in [0.15, 0.2) is 21.6 Å². The Morgan fingerprint density at radius 2 is 2.06 bits per heavy atom. The van der Waals surface area contributed by atoms with Crippen molar-refractivity contribution in [2.75, 3.05) is 6.67 Å². The van der Waals surface area contributed by atoms with Crippen LogP contribution in [0.1, 0.15) is 0 Å². The number of nitrogens with zero attached hydrogens (tertiary/aromatic N) is 2. The lowest BCUT2D eigenvalue weighted by Crippen LogP contribution is -2.24. The van der Waals surface area contributed by atoms with Crippen molar-refractivity contribution in [3.05, 3.63) is 11.6 Å². The van der Waals surface area contributed by atoms with Crippen molar-refractivity contribution in [1.29, 1.82) is 0 Å². The minimum absolute atomic E-state index is 0.109. The number of carbonyl (C=O) groups excluding carboxylic acids is 1. The second-order valence-corrected chi connectivity index (χ2v) is 2.85. The van der Waals surface area contributed by atoms with Crippen LogP contribution < -0.4 is 5.32 Å². The molecule has 2 N–H and O–H groups in total. The number of amides is 1. The summed E-state index contributed by atoms with van der Waals surface area (Å²) in [7, 11) is 0. The maximum Gasteiger partial charge on any atom is 0.490 e. The van der Waals surface area contributed by atoms with Gasteiger partial charge in [0.05, 0.1) is 0 Å². The normalized spacial score (nSPS) is 17.2. The van der Waals surface area contributed by atoms with Crippen molar-refractivity contribution in [3.8, 4) is 0 Å². The van der Waals surface area contributed by atoms with Crippen LogP contribution in [0.3, 0.4) is 0 Å². The lowest BCUT2D eigenvalue weighted by atomic mass is 10.3. The molecule has 1 amide bonds. The van der Waals surface area contributed by atoms with Crippen LogP contribution in [-0.4, -0.2) is 41.9 Å². The number of amidine groups is 1. The molecule has 0 spiro atoms. The van der Waals surface area contributed by atoms with Crippen LogP contribution in [-0.2, 0) is 9.59 Å². The fourth-order valence-electron chi connectivity index (χ4n) is 0.914. The Morgan fingerprint density at radius 1 is 1.47 bits per heavy atom. The molecule has 0 radical (unpaired) electrons. The van der Waals surface area contributed by atoms with Crippen LogP contribution in [0.4, 0.5) is 13.2 Å². The first-order valence-corrected chi connectivity index (χ1v) is 4.18. The summed E-state index contributed by atoms with van der Waals surface area (Å²) in [5.41, 5.74) is 0.788. The summed E-state index contributed by atoms with van der Waals surface area (Å²) in [6.45, 7) is 0.424. The van der Waals surface area contributed by atoms with E-state index in [1.165, 1.54) is 6.08 Å². The molecule has 0 saturated carbocycles. The van der Waals surface area contributed by atoms with Gasteiger partial charge in [0.15, 0.2) is 0 Å². The molecule has 92 valence electrons. The molecule has 9 heteroatoms. The van der Waals surface area contributed by atoms with Crippen LogP contribution >= 0.6 is 0 Å². The van der Waals surface area contributed by atoms with Crippen molar-refractivity contribution >= 4 is 23.9 Å². The SMILES string of the molecule is O=C(O)C(F)(F)F.O=C1C=C2C=NCN=C2N1. The minimum Gasteiger partial charge on any atom is -0.475 e. The molecule has 0 aliphatic carbocycles. The Bertz CT molecular complexity index is 437. The highest BCUT2D eigenvalue weighted by Crippen LogP contribution is 2.13. The number of hydrogen-bond acceptors (Lipinski definition) is 4. The summed E-state index contributed by atoms with van der Waals surface area (Å²) in [4.78, 5) is 27.4. The largest absolute Gasteiger partial charge is 0.490 e. The Labute approximate surface area is 92.6 Å². The fourth-order valence-corrected chi connectivity index (χ4v) is 0.914. The van der Waals surface area contributed by atoms with Gasteiger partial charge in [-0.2, -0.15) is 13.2 Å². The van der Waals surface area contributed by atoms with Crippen molar-refractivity contribution in [3.63, 3.8) is 0 Å². The van der Waals surface area contributed by atoms with E-state index < -0.39 is 12.1 Å². The molecule has 0 aromatic carbocycles. The highest BCUT2D eigenvalue weighted by Gasteiger charge is 2.38. The van der Waals surface area contributed by atoms with E-state index in [4.69, 9.17) is 9.90 Å². The molecular weight excluding hydrogens is 243 g/mol. The second kappa shape index (κ2) is 4.76. The summed E-state index contributed by atoms with van der Waals surface area (Å²) in [5.74, 6) is -2.21. The van der Waals surface area contributed by atoms with Crippen molar-refractivity contribution in [1.82, 2.24) is 5.32 Å². The molecule has 2 aliphatic heterocycles. The number of aliphatic carboxylic acids is 1. The van der Waals surface area contributed by atoms with E-state index in [0.29, 0.717) is 12.5 Å². The molecule has 2 aliphatic rings. The number of halogens is 3. The van der Waals surface area contributed by atoms with Crippen LogP contribution in [0.2, 0.25) is 0 Å². The first kappa shape index (κ1) is 12.9. The standard InChI is InChI=1S/C6H5N3O.C2HF3O2/c10-5-1-4-2-7-3-8-6(4)9-5;3-2(4,5)1(6)7/h1-2H,3H2,(H,8,9,10);(H,6,7). The van der Waals surface area contributed by atoms with E-state index in [2.05, 4.69) is 15.3 Å². The van der Waals surface area contributed by atoms with Gasteiger partial charge >= 0.3 is 12.1 Å². The van der Waals surface area contributed by atoms with Gasteiger partial charge in [0.2, 0.25) is 5.91 Å². The maximum absolute atomic E-state index is 10.7. The van der Waals surface area contributed by atoms with Gasteiger partial charge in [0, 0.05) is 17.9 Å². The van der Waals surface area contributed by atoms with E-state index in [0.717, 1.165) is 5.57 Å². The first-order valence-electron chi connectivity index (χ1n) is 4.18. The quantitative estimate of drug-likeness (QED) is 0.638. The fraction of sp³-hybridized carbons (Fsp3) is 0.250. The van der Waals surface area contributed by atoms with Crippen molar-refractivity contribution < 1.29 is 27.9 Å². The number of nitrogens with one attached hydrogen (secondary N) is 1. The lowest BCUT2D eigenvalue weighted by Gasteiger charge is -2.01. The summed E-state index contributed by atoms with van der Waals surface area (Å²) in [6, 6.07) is 0. The molecule has 0 unspecified atom stereocenters. The van der Waals surface area contributed by atoms with Crippen LogP contribution in [0.5, 0.6) is 0 Å². The summed E-state index contributed by atoms with van der Waals surface area (Å²) < 4.78 is 31.7. The van der Waals surface area contributed by atoms with E-state index in [9.17, 15) is 18.0 Å². The monoisotopic (exact) mass is 249 g/mol. The zero-order chi connectivity index (χ0) is 13.1. The zero-order valence-electron chi connectivity index (χ0n) is 8.15. The Morgan fingerprint density at radius 3 is 2.53 bits per heavy atom. The van der Waals surface area contributed by atoms with Gasteiger partial charge in [-0.05, 0) is 0 Å². The second-order valence-electron chi connectivity index (χ2n) is 2.85. The number of carboxylic acids is 1. The number of carbonyl (C=O) groups is 2. The molecule has 0 aromatic heterocycles. The molecular formula is C8H6F3N3O3. The molecule has 6 nitrogen and oxygen atoms in total. The number of aliphatic imine (C=N–C) groups is 2. The topological polar surface area (TPSA) is 91.1 Å². The highest BCUT2D eigenvalue weighted by molar-refractivity contribution is 6.28. The lowest BCUT2D eigenvalue weighted by molar-refractivity contribution is -0.192. The number of hydrogen-bond donors (Lipinski definition) is 2. The van der Waals surface area contributed by atoms with E-state index >= 15 is 0 Å². The summed E-state index contributed by atoms with van der Waals surface area (Å²) >= 11 is 0. The zero-order valence-corrected chi connectivity index (χ0v) is 8.15. The van der Waals surface area contributed by atoms with Crippen LogP contribution in [0, 0.1) is 0 Å².